The molecule has 5 nitrogen and oxygen atoms in total. The molecule has 0 bridgehead atoms. The summed E-state index contributed by atoms with van der Waals surface area (Å²) in [4.78, 5) is 10.6. The molecule has 98 valence electrons. The van der Waals surface area contributed by atoms with E-state index in [4.69, 9.17) is 15.2 Å². The van der Waals surface area contributed by atoms with Crippen LogP contribution in [0.3, 0.4) is 0 Å². The second-order valence-electron chi connectivity index (χ2n) is 4.25. The van der Waals surface area contributed by atoms with Gasteiger partial charge < -0.3 is 20.5 Å². The minimum atomic E-state index is -0.235. The number of carbonyl (C=O) groups excluding carboxylic acids is 1. The van der Waals surface area contributed by atoms with Crippen molar-refractivity contribution in [1.82, 2.24) is 5.32 Å². The average molecular weight is 250 g/mol. The van der Waals surface area contributed by atoms with Crippen LogP contribution in [0, 0.1) is 0 Å². The van der Waals surface area contributed by atoms with Crippen molar-refractivity contribution in [2.45, 2.75) is 25.8 Å². The van der Waals surface area contributed by atoms with Crippen molar-refractivity contribution < 1.29 is 14.3 Å². The Kier molecular flexibility index (Phi) is 4.41. The number of fused-ring (bicyclic) bond motifs is 1. The maximum absolute atomic E-state index is 10.6. The average Bonchev–Trinajstić information content (AvgIpc) is 2.82. The quantitative estimate of drug-likeness (QED) is 0.712. The molecule has 0 atom stereocenters. The van der Waals surface area contributed by atoms with Crippen molar-refractivity contribution in [3.05, 3.63) is 23.8 Å². The van der Waals surface area contributed by atoms with Crippen LogP contribution in [-0.4, -0.2) is 19.2 Å². The molecule has 3 N–H and O–H groups in total. The maximum atomic E-state index is 10.6. The number of rotatable bonds is 7. The highest BCUT2D eigenvalue weighted by Gasteiger charge is 2.16. The Morgan fingerprint density at radius 3 is 3.06 bits per heavy atom. The van der Waals surface area contributed by atoms with E-state index < -0.39 is 0 Å². The van der Waals surface area contributed by atoms with Crippen LogP contribution >= 0.6 is 0 Å². The summed E-state index contributed by atoms with van der Waals surface area (Å²) in [5.74, 6) is 1.41. The molecular formula is C13H18N2O3. The summed E-state index contributed by atoms with van der Waals surface area (Å²) in [7, 11) is 0. The van der Waals surface area contributed by atoms with Crippen LogP contribution < -0.4 is 20.5 Å². The van der Waals surface area contributed by atoms with E-state index in [-0.39, 0.29) is 5.91 Å². The van der Waals surface area contributed by atoms with Gasteiger partial charge in [0.25, 0.3) is 0 Å². The van der Waals surface area contributed by atoms with E-state index >= 15 is 0 Å². The van der Waals surface area contributed by atoms with Gasteiger partial charge in [0.05, 0.1) is 0 Å². The highest BCUT2D eigenvalue weighted by atomic mass is 16.7. The fraction of sp³-hybridized carbons (Fsp3) is 0.462. The summed E-state index contributed by atoms with van der Waals surface area (Å²) < 4.78 is 10.7. The fourth-order valence-corrected chi connectivity index (χ4v) is 1.90. The largest absolute Gasteiger partial charge is 0.454 e. The van der Waals surface area contributed by atoms with Gasteiger partial charge in [-0.2, -0.15) is 0 Å². The van der Waals surface area contributed by atoms with E-state index in [2.05, 4.69) is 5.32 Å². The number of benzene rings is 1. The third kappa shape index (κ3) is 3.37. The van der Waals surface area contributed by atoms with Crippen LogP contribution in [0.25, 0.3) is 0 Å². The van der Waals surface area contributed by atoms with E-state index in [1.54, 1.807) is 0 Å². The first-order valence-electron chi connectivity index (χ1n) is 6.14. The zero-order chi connectivity index (χ0) is 12.8. The van der Waals surface area contributed by atoms with Crippen molar-refractivity contribution in [1.29, 1.82) is 0 Å². The van der Waals surface area contributed by atoms with Crippen molar-refractivity contribution in [2.75, 3.05) is 13.3 Å². The Hall–Kier alpha value is -1.75. The first-order valence-corrected chi connectivity index (χ1v) is 6.14. The number of unbranched alkanes of at least 4 members (excludes halogenated alkanes) is 1. The molecule has 2 rings (SSSR count). The Bertz CT molecular complexity index is 421. The molecule has 18 heavy (non-hydrogen) atoms. The first kappa shape index (κ1) is 12.7. The van der Waals surface area contributed by atoms with Gasteiger partial charge in [0.2, 0.25) is 12.7 Å². The lowest BCUT2D eigenvalue weighted by molar-refractivity contribution is -0.118. The molecule has 0 spiro atoms. The monoisotopic (exact) mass is 250 g/mol. The van der Waals surface area contributed by atoms with Crippen molar-refractivity contribution in [3.8, 4) is 11.5 Å². The lowest BCUT2D eigenvalue weighted by Crippen LogP contribution is -2.16. The molecule has 1 aromatic carbocycles. The zero-order valence-corrected chi connectivity index (χ0v) is 10.3. The number of primary amides is 1. The molecule has 0 saturated carbocycles. The number of carbonyl (C=O) groups is 1. The molecule has 1 aromatic rings. The Morgan fingerprint density at radius 1 is 1.33 bits per heavy atom. The molecule has 1 amide bonds. The van der Waals surface area contributed by atoms with Crippen molar-refractivity contribution in [2.24, 2.45) is 5.73 Å². The van der Waals surface area contributed by atoms with Gasteiger partial charge >= 0.3 is 0 Å². The number of ether oxygens (including phenoxy) is 2. The molecule has 0 aliphatic carbocycles. The lowest BCUT2D eigenvalue weighted by atomic mass is 10.2. The number of para-hydroxylation sites is 1. The Labute approximate surface area is 106 Å². The third-order valence-electron chi connectivity index (χ3n) is 2.82. The fourth-order valence-electron chi connectivity index (χ4n) is 1.90. The second-order valence-corrected chi connectivity index (χ2v) is 4.25. The Balaban J connectivity index is 1.71. The van der Waals surface area contributed by atoms with E-state index in [0.29, 0.717) is 13.2 Å². The van der Waals surface area contributed by atoms with Gasteiger partial charge in [-0.25, -0.2) is 0 Å². The zero-order valence-electron chi connectivity index (χ0n) is 10.3. The smallest absolute Gasteiger partial charge is 0.231 e. The van der Waals surface area contributed by atoms with Gasteiger partial charge in [-0.3, -0.25) is 4.79 Å². The van der Waals surface area contributed by atoms with E-state index in [1.165, 1.54) is 0 Å². The minimum absolute atomic E-state index is 0.235. The van der Waals surface area contributed by atoms with Crippen molar-refractivity contribution in [3.63, 3.8) is 0 Å². The summed E-state index contributed by atoms with van der Waals surface area (Å²) >= 11 is 0. The number of nitrogens with two attached hydrogens (primary N) is 1. The Morgan fingerprint density at radius 2 is 2.22 bits per heavy atom. The molecule has 0 unspecified atom stereocenters. The lowest BCUT2D eigenvalue weighted by Gasteiger charge is -2.07. The van der Waals surface area contributed by atoms with E-state index in [9.17, 15) is 4.79 Å². The van der Waals surface area contributed by atoms with Gasteiger partial charge in [0.15, 0.2) is 11.5 Å². The van der Waals surface area contributed by atoms with Crippen LogP contribution in [0.4, 0.5) is 0 Å². The van der Waals surface area contributed by atoms with Gasteiger partial charge in [-0.15, -0.1) is 0 Å². The molecule has 0 fully saturated rings. The van der Waals surface area contributed by atoms with Crippen LogP contribution in [0.15, 0.2) is 18.2 Å². The number of hydrogen-bond donors (Lipinski definition) is 2. The summed E-state index contributed by atoms with van der Waals surface area (Å²) in [6.45, 7) is 1.89. The molecular weight excluding hydrogens is 232 g/mol. The molecule has 1 aliphatic rings. The normalized spacial score (nSPS) is 12.7. The first-order chi connectivity index (χ1) is 8.77. The van der Waals surface area contributed by atoms with Crippen LogP contribution in [0.5, 0.6) is 11.5 Å². The highest BCUT2D eigenvalue weighted by Crippen LogP contribution is 2.35. The summed E-state index contributed by atoms with van der Waals surface area (Å²) in [6.07, 6.45) is 2.23. The highest BCUT2D eigenvalue weighted by molar-refractivity contribution is 5.73. The standard InChI is InChI=1S/C13H18N2O3/c14-12(16)6-1-2-7-15-8-10-4-3-5-11-13(10)18-9-17-11/h3-5,15H,1-2,6-9H2,(H2,14,16). The maximum Gasteiger partial charge on any atom is 0.231 e. The van der Waals surface area contributed by atoms with Gasteiger partial charge in [-0.05, 0) is 25.5 Å². The van der Waals surface area contributed by atoms with Crippen molar-refractivity contribution >= 4 is 5.91 Å². The molecule has 0 radical (unpaired) electrons. The molecule has 1 aliphatic heterocycles. The predicted molar refractivity (Wildman–Crippen MR) is 67.3 cm³/mol. The third-order valence-corrected chi connectivity index (χ3v) is 2.82. The van der Waals surface area contributed by atoms with Crippen LogP contribution in [0.1, 0.15) is 24.8 Å². The SMILES string of the molecule is NC(=O)CCCCNCc1cccc2c1OCO2. The topological polar surface area (TPSA) is 73.6 Å². The molecule has 0 aromatic heterocycles. The van der Waals surface area contributed by atoms with E-state index in [1.807, 2.05) is 18.2 Å². The minimum Gasteiger partial charge on any atom is -0.454 e. The summed E-state index contributed by atoms with van der Waals surface area (Å²) in [5, 5.41) is 3.32. The molecule has 0 saturated heterocycles. The van der Waals surface area contributed by atoms with E-state index in [0.717, 1.165) is 43.0 Å². The number of nitrogens with one attached hydrogen (secondary N) is 1. The van der Waals surface area contributed by atoms with Crippen LogP contribution in [0.2, 0.25) is 0 Å². The van der Waals surface area contributed by atoms with Gasteiger partial charge in [-0.1, -0.05) is 12.1 Å². The summed E-state index contributed by atoms with van der Waals surface area (Å²) in [6, 6.07) is 5.88. The van der Waals surface area contributed by atoms with Gasteiger partial charge in [0, 0.05) is 18.5 Å². The van der Waals surface area contributed by atoms with Crippen LogP contribution in [-0.2, 0) is 11.3 Å². The molecule has 5 heteroatoms. The molecule has 1 heterocycles. The predicted octanol–water partition coefficient (Wildman–Crippen LogP) is 1.16. The van der Waals surface area contributed by atoms with Gasteiger partial charge in [0.1, 0.15) is 0 Å². The number of hydrogen-bond acceptors (Lipinski definition) is 4. The number of amides is 1. The second kappa shape index (κ2) is 6.26. The summed E-state index contributed by atoms with van der Waals surface area (Å²) in [5.41, 5.74) is 6.17.